The van der Waals surface area contributed by atoms with Gasteiger partial charge >= 0.3 is 5.97 Å². The smallest absolute Gasteiger partial charge is 0.338 e. The molecule has 0 aromatic heterocycles. The van der Waals surface area contributed by atoms with Gasteiger partial charge in [0.15, 0.2) is 6.61 Å². The Bertz CT molecular complexity index is 744. The molecule has 0 fully saturated rings. The van der Waals surface area contributed by atoms with Gasteiger partial charge in [-0.15, -0.1) is 0 Å². The van der Waals surface area contributed by atoms with Crippen LogP contribution in [0.5, 0.6) is 11.5 Å². The second kappa shape index (κ2) is 7.64. The van der Waals surface area contributed by atoms with Gasteiger partial charge in [-0.25, -0.2) is 4.79 Å². The molecule has 0 amide bonds. The van der Waals surface area contributed by atoms with Crippen molar-refractivity contribution < 1.29 is 23.8 Å². The van der Waals surface area contributed by atoms with Crippen LogP contribution in [0.3, 0.4) is 0 Å². The first kappa shape index (κ1) is 17.5. The first-order chi connectivity index (χ1) is 11.4. The van der Waals surface area contributed by atoms with E-state index in [1.807, 2.05) is 19.9 Å². The third kappa shape index (κ3) is 4.13. The molecular weight excluding hydrogens is 308 g/mol. The molecule has 24 heavy (non-hydrogen) atoms. The third-order valence-corrected chi connectivity index (χ3v) is 3.50. The van der Waals surface area contributed by atoms with Crippen LogP contribution in [0.25, 0.3) is 0 Å². The van der Waals surface area contributed by atoms with E-state index in [9.17, 15) is 9.59 Å². The monoisotopic (exact) mass is 328 g/mol. The number of ether oxygens (including phenoxy) is 3. The number of aryl methyl sites for hydroxylation is 2. The Morgan fingerprint density at radius 2 is 1.58 bits per heavy atom. The lowest BCUT2D eigenvalue weighted by Crippen LogP contribution is -2.15. The summed E-state index contributed by atoms with van der Waals surface area (Å²) in [5.74, 6) is 0.0449. The molecule has 0 spiro atoms. The molecule has 0 aliphatic rings. The van der Waals surface area contributed by atoms with E-state index in [1.165, 1.54) is 14.2 Å². The summed E-state index contributed by atoms with van der Waals surface area (Å²) < 4.78 is 15.4. The van der Waals surface area contributed by atoms with Gasteiger partial charge in [0.05, 0.1) is 25.3 Å². The molecule has 0 saturated heterocycles. The van der Waals surface area contributed by atoms with Crippen LogP contribution in [-0.2, 0) is 4.74 Å². The fraction of sp³-hybridized carbons (Fsp3) is 0.263. The lowest BCUT2D eigenvalue weighted by atomic mass is 10.1. The van der Waals surface area contributed by atoms with Crippen molar-refractivity contribution in [1.82, 2.24) is 0 Å². The average molecular weight is 328 g/mol. The zero-order valence-electron chi connectivity index (χ0n) is 14.2. The quantitative estimate of drug-likeness (QED) is 0.601. The molecule has 5 nitrogen and oxygen atoms in total. The van der Waals surface area contributed by atoms with E-state index in [0.717, 1.165) is 11.1 Å². The molecule has 0 radical (unpaired) electrons. The first-order valence-corrected chi connectivity index (χ1v) is 7.45. The Hall–Kier alpha value is -2.82. The molecule has 2 rings (SSSR count). The molecular formula is C19H20O5. The van der Waals surface area contributed by atoms with Crippen molar-refractivity contribution >= 4 is 11.8 Å². The molecule has 0 N–H and O–H groups in total. The van der Waals surface area contributed by atoms with Crippen molar-refractivity contribution in [2.45, 2.75) is 13.8 Å². The second-order valence-electron chi connectivity index (χ2n) is 5.44. The van der Waals surface area contributed by atoms with Gasteiger partial charge < -0.3 is 14.2 Å². The molecule has 0 aliphatic heterocycles. The molecule has 126 valence electrons. The fourth-order valence-corrected chi connectivity index (χ4v) is 2.42. The highest BCUT2D eigenvalue weighted by molar-refractivity contribution is 6.01. The minimum atomic E-state index is -0.531. The van der Waals surface area contributed by atoms with Gasteiger partial charge in [-0.05, 0) is 44.2 Å². The minimum Gasteiger partial charge on any atom is -0.497 e. The van der Waals surface area contributed by atoms with Gasteiger partial charge in [-0.3, -0.25) is 4.79 Å². The van der Waals surface area contributed by atoms with Crippen molar-refractivity contribution in [3.05, 3.63) is 58.7 Å². The topological polar surface area (TPSA) is 61.8 Å². The van der Waals surface area contributed by atoms with Crippen LogP contribution in [-0.4, -0.2) is 32.6 Å². The summed E-state index contributed by atoms with van der Waals surface area (Å²) in [4.78, 5) is 24.5. The molecule has 2 aromatic carbocycles. The Kier molecular flexibility index (Phi) is 5.58. The number of esters is 1. The number of benzene rings is 2. The average Bonchev–Trinajstić information content (AvgIpc) is 2.57. The summed E-state index contributed by atoms with van der Waals surface area (Å²) >= 11 is 0. The molecule has 0 heterocycles. The summed E-state index contributed by atoms with van der Waals surface area (Å²) in [7, 11) is 2.98. The second-order valence-corrected chi connectivity index (χ2v) is 5.44. The van der Waals surface area contributed by atoms with E-state index in [4.69, 9.17) is 14.2 Å². The number of Topliss-reactive ketones (excluding diaryl/α,β-unsaturated/α-hetero) is 1. The zero-order valence-corrected chi connectivity index (χ0v) is 14.2. The molecule has 0 atom stereocenters. The van der Waals surface area contributed by atoms with Crippen molar-refractivity contribution in [3.8, 4) is 11.5 Å². The van der Waals surface area contributed by atoms with Crippen molar-refractivity contribution in [2.24, 2.45) is 0 Å². The Morgan fingerprint density at radius 3 is 2.17 bits per heavy atom. The highest BCUT2D eigenvalue weighted by atomic mass is 16.5. The SMILES string of the molecule is COc1ccc(OC)c(C(=O)COC(=O)c2cc(C)cc(C)c2)c1. The highest BCUT2D eigenvalue weighted by Crippen LogP contribution is 2.24. The third-order valence-electron chi connectivity index (χ3n) is 3.50. The Morgan fingerprint density at radius 1 is 0.917 bits per heavy atom. The maximum absolute atomic E-state index is 12.3. The summed E-state index contributed by atoms with van der Waals surface area (Å²) in [6.07, 6.45) is 0. The van der Waals surface area contributed by atoms with Gasteiger partial charge in [0, 0.05) is 0 Å². The summed E-state index contributed by atoms with van der Waals surface area (Å²) in [6.45, 7) is 3.43. The van der Waals surface area contributed by atoms with Gasteiger partial charge in [-0.2, -0.15) is 0 Å². The van der Waals surface area contributed by atoms with E-state index < -0.39 is 5.97 Å². The largest absolute Gasteiger partial charge is 0.497 e. The fourth-order valence-electron chi connectivity index (χ4n) is 2.42. The number of carbonyl (C=O) groups is 2. The molecule has 0 aliphatic carbocycles. The number of methoxy groups -OCH3 is 2. The zero-order chi connectivity index (χ0) is 17.7. The molecule has 5 heteroatoms. The van der Waals surface area contributed by atoms with Gasteiger partial charge in [-0.1, -0.05) is 17.2 Å². The normalized spacial score (nSPS) is 10.2. The Labute approximate surface area is 141 Å². The maximum Gasteiger partial charge on any atom is 0.338 e. The number of rotatable bonds is 6. The summed E-state index contributed by atoms with van der Waals surface area (Å²) in [5.41, 5.74) is 2.66. The van der Waals surface area contributed by atoms with Gasteiger partial charge in [0.1, 0.15) is 11.5 Å². The van der Waals surface area contributed by atoms with Crippen LogP contribution in [0.15, 0.2) is 36.4 Å². The minimum absolute atomic E-state index is 0.310. The van der Waals surface area contributed by atoms with Crippen molar-refractivity contribution in [2.75, 3.05) is 20.8 Å². The molecule has 0 saturated carbocycles. The van der Waals surface area contributed by atoms with Gasteiger partial charge in [0.2, 0.25) is 5.78 Å². The maximum atomic E-state index is 12.3. The number of hydrogen-bond acceptors (Lipinski definition) is 5. The summed E-state index contributed by atoms with van der Waals surface area (Å²) in [5, 5.41) is 0. The lowest BCUT2D eigenvalue weighted by Gasteiger charge is -2.10. The number of hydrogen-bond donors (Lipinski definition) is 0. The first-order valence-electron chi connectivity index (χ1n) is 7.45. The number of carbonyl (C=O) groups excluding carboxylic acids is 2. The van der Waals surface area contributed by atoms with Crippen LogP contribution in [0.1, 0.15) is 31.8 Å². The van der Waals surface area contributed by atoms with Crippen molar-refractivity contribution in [1.29, 1.82) is 0 Å². The number of ketones is 1. The van der Waals surface area contributed by atoms with Crippen LogP contribution >= 0.6 is 0 Å². The van der Waals surface area contributed by atoms with E-state index >= 15 is 0 Å². The Balaban J connectivity index is 2.11. The molecule has 0 bridgehead atoms. The van der Waals surface area contributed by atoms with Crippen LogP contribution in [0.4, 0.5) is 0 Å². The molecule has 0 unspecified atom stereocenters. The predicted octanol–water partition coefficient (Wildman–Crippen LogP) is 3.36. The molecule has 2 aromatic rings. The van der Waals surface area contributed by atoms with E-state index in [0.29, 0.717) is 22.6 Å². The van der Waals surface area contributed by atoms with E-state index in [-0.39, 0.29) is 12.4 Å². The van der Waals surface area contributed by atoms with Gasteiger partial charge in [0.25, 0.3) is 0 Å². The predicted molar refractivity (Wildman–Crippen MR) is 90.1 cm³/mol. The summed E-state index contributed by atoms with van der Waals surface area (Å²) in [6, 6.07) is 10.3. The van der Waals surface area contributed by atoms with Crippen LogP contribution in [0, 0.1) is 13.8 Å². The standard InChI is InChI=1S/C19H20O5/c1-12-7-13(2)9-14(8-12)19(21)24-11-17(20)16-10-15(22-3)5-6-18(16)23-4/h5-10H,11H2,1-4H3. The van der Waals surface area contributed by atoms with Crippen molar-refractivity contribution in [3.63, 3.8) is 0 Å². The van der Waals surface area contributed by atoms with E-state index in [1.54, 1.807) is 30.3 Å². The lowest BCUT2D eigenvalue weighted by molar-refractivity contribution is 0.0473. The van der Waals surface area contributed by atoms with Crippen LogP contribution in [0.2, 0.25) is 0 Å². The van der Waals surface area contributed by atoms with Crippen LogP contribution < -0.4 is 9.47 Å². The highest BCUT2D eigenvalue weighted by Gasteiger charge is 2.17. The van der Waals surface area contributed by atoms with E-state index in [2.05, 4.69) is 0 Å².